The van der Waals surface area contributed by atoms with E-state index < -0.39 is 49.5 Å². The minimum Gasteiger partial charge on any atom is -0.394 e. The molecule has 9 heteroatoms. The van der Waals surface area contributed by atoms with E-state index in [1.807, 2.05) is 6.08 Å². The summed E-state index contributed by atoms with van der Waals surface area (Å²) in [5.41, 5.74) is 0. The van der Waals surface area contributed by atoms with Crippen molar-refractivity contribution in [3.8, 4) is 0 Å². The second-order valence-electron chi connectivity index (χ2n) is 17.6. The van der Waals surface area contributed by atoms with E-state index in [2.05, 4.69) is 43.5 Å². The zero-order valence-electron chi connectivity index (χ0n) is 38.7. The van der Waals surface area contributed by atoms with Crippen molar-refractivity contribution in [1.82, 2.24) is 5.32 Å². The number of hydrogen-bond acceptors (Lipinski definition) is 8. The number of amides is 1. The Balaban J connectivity index is 2.32. The van der Waals surface area contributed by atoms with E-state index in [0.717, 1.165) is 64.2 Å². The summed E-state index contributed by atoms with van der Waals surface area (Å²) in [5, 5.41) is 54.3. The molecule has 0 aromatic heterocycles. The third-order valence-corrected chi connectivity index (χ3v) is 12.0. The summed E-state index contributed by atoms with van der Waals surface area (Å²) in [4.78, 5) is 13.0. The van der Waals surface area contributed by atoms with Gasteiger partial charge in [-0.05, 0) is 51.4 Å². The monoisotopic (exact) mass is 850 g/mol. The summed E-state index contributed by atoms with van der Waals surface area (Å²) in [6, 6.07) is -0.811. The minimum absolute atomic E-state index is 0.190. The van der Waals surface area contributed by atoms with E-state index in [1.54, 1.807) is 6.08 Å². The molecule has 1 heterocycles. The Morgan fingerprint density at radius 3 is 1.45 bits per heavy atom. The average molecular weight is 850 g/mol. The summed E-state index contributed by atoms with van der Waals surface area (Å²) in [7, 11) is 0. The Morgan fingerprint density at radius 2 is 0.983 bits per heavy atom. The van der Waals surface area contributed by atoms with Crippen LogP contribution in [-0.2, 0) is 14.3 Å². The highest BCUT2D eigenvalue weighted by atomic mass is 16.7. The number of nitrogens with one attached hydrogen (secondary N) is 1. The van der Waals surface area contributed by atoms with Crippen LogP contribution in [-0.4, -0.2) is 87.5 Å². The second-order valence-corrected chi connectivity index (χ2v) is 17.6. The molecule has 0 spiro atoms. The van der Waals surface area contributed by atoms with Crippen LogP contribution in [0.1, 0.15) is 226 Å². The molecule has 7 atom stereocenters. The van der Waals surface area contributed by atoms with Crippen molar-refractivity contribution in [3.05, 3.63) is 36.5 Å². The molecule has 0 aliphatic carbocycles. The van der Waals surface area contributed by atoms with Crippen LogP contribution >= 0.6 is 0 Å². The normalized spacial score (nSPS) is 20.8. The number of aliphatic hydroxyl groups excluding tert-OH is 5. The van der Waals surface area contributed by atoms with Gasteiger partial charge in [-0.3, -0.25) is 4.79 Å². The summed E-state index contributed by atoms with van der Waals surface area (Å²) in [6.07, 6.45) is 44.7. The zero-order valence-corrected chi connectivity index (χ0v) is 38.7. The molecular weight excluding hydrogens is 755 g/mol. The molecule has 0 aromatic carbocycles. The highest BCUT2D eigenvalue weighted by Crippen LogP contribution is 2.23. The van der Waals surface area contributed by atoms with Crippen LogP contribution < -0.4 is 5.32 Å². The molecule has 1 aliphatic rings. The number of rotatable bonds is 42. The Kier molecular flexibility index (Phi) is 39.0. The number of ether oxygens (including phenoxy) is 2. The number of allylic oxidation sites excluding steroid dienone is 5. The maximum absolute atomic E-state index is 13.0. The zero-order chi connectivity index (χ0) is 43.7. The van der Waals surface area contributed by atoms with Crippen LogP contribution in [0.3, 0.4) is 0 Å². The van der Waals surface area contributed by atoms with Crippen molar-refractivity contribution >= 4 is 5.91 Å². The average Bonchev–Trinajstić information content (AvgIpc) is 3.25. The number of unbranched alkanes of at least 4 members (excludes halogenated alkanes) is 28. The van der Waals surface area contributed by atoms with Gasteiger partial charge in [-0.15, -0.1) is 0 Å². The van der Waals surface area contributed by atoms with Gasteiger partial charge in [0.2, 0.25) is 5.91 Å². The van der Waals surface area contributed by atoms with Crippen molar-refractivity contribution in [2.75, 3.05) is 13.2 Å². The van der Waals surface area contributed by atoms with E-state index in [-0.39, 0.29) is 12.5 Å². The van der Waals surface area contributed by atoms with Crippen LogP contribution in [0.2, 0.25) is 0 Å². The fraction of sp³-hybridized carbons (Fsp3) is 0.863. The lowest BCUT2D eigenvalue weighted by Gasteiger charge is -2.40. The fourth-order valence-corrected chi connectivity index (χ4v) is 7.89. The first-order valence-electron chi connectivity index (χ1n) is 25.2. The minimum atomic E-state index is -1.57. The molecule has 1 amide bonds. The highest BCUT2D eigenvalue weighted by molar-refractivity contribution is 5.76. The van der Waals surface area contributed by atoms with Gasteiger partial charge in [0.1, 0.15) is 24.4 Å². The van der Waals surface area contributed by atoms with Crippen LogP contribution in [0.4, 0.5) is 0 Å². The number of aliphatic hydroxyl groups is 5. The molecule has 0 bridgehead atoms. The van der Waals surface area contributed by atoms with E-state index >= 15 is 0 Å². The number of carbonyl (C=O) groups is 1. The van der Waals surface area contributed by atoms with E-state index in [9.17, 15) is 30.3 Å². The van der Waals surface area contributed by atoms with Gasteiger partial charge in [-0.1, -0.05) is 204 Å². The van der Waals surface area contributed by atoms with Gasteiger partial charge in [-0.2, -0.15) is 0 Å². The van der Waals surface area contributed by atoms with Gasteiger partial charge >= 0.3 is 0 Å². The van der Waals surface area contributed by atoms with E-state index in [0.29, 0.717) is 6.42 Å². The number of carbonyl (C=O) groups excluding carboxylic acids is 1. The summed E-state index contributed by atoms with van der Waals surface area (Å²) in [5.74, 6) is -0.190. The molecule has 0 aromatic rings. The summed E-state index contributed by atoms with van der Waals surface area (Å²) >= 11 is 0. The van der Waals surface area contributed by atoms with Crippen molar-refractivity contribution < 1.29 is 39.8 Å². The van der Waals surface area contributed by atoms with Crippen LogP contribution in [0, 0.1) is 0 Å². The van der Waals surface area contributed by atoms with Gasteiger partial charge in [0, 0.05) is 6.42 Å². The third-order valence-electron chi connectivity index (χ3n) is 12.0. The maximum atomic E-state index is 13.0. The second kappa shape index (κ2) is 41.4. The SMILES string of the molecule is CCCCCC/C=C\C/C=C\CCCCCCCC(=O)NC(COC1OC(CO)C(O)C(O)C1O)C(O)/C=C/CCCCCCCCCCCCCCCCCCCCC. The first kappa shape index (κ1) is 56.4. The first-order valence-corrected chi connectivity index (χ1v) is 25.2. The topological polar surface area (TPSA) is 149 Å². The predicted octanol–water partition coefficient (Wildman–Crippen LogP) is 11.2. The van der Waals surface area contributed by atoms with Crippen LogP contribution in [0.25, 0.3) is 0 Å². The molecule has 60 heavy (non-hydrogen) atoms. The first-order chi connectivity index (χ1) is 29.3. The lowest BCUT2D eigenvalue weighted by Crippen LogP contribution is -2.60. The molecule has 1 rings (SSSR count). The van der Waals surface area contributed by atoms with Crippen LogP contribution in [0.15, 0.2) is 36.5 Å². The summed E-state index contributed by atoms with van der Waals surface area (Å²) in [6.45, 7) is 3.76. The highest BCUT2D eigenvalue weighted by Gasteiger charge is 2.44. The Morgan fingerprint density at radius 1 is 0.567 bits per heavy atom. The van der Waals surface area contributed by atoms with Gasteiger partial charge in [0.25, 0.3) is 0 Å². The molecule has 0 saturated carbocycles. The number of hydrogen-bond donors (Lipinski definition) is 6. The van der Waals surface area contributed by atoms with Gasteiger partial charge in [0.15, 0.2) is 6.29 Å². The molecule has 1 aliphatic heterocycles. The molecule has 0 radical (unpaired) electrons. The van der Waals surface area contributed by atoms with Crippen LogP contribution in [0.5, 0.6) is 0 Å². The van der Waals surface area contributed by atoms with E-state index in [1.165, 1.54) is 141 Å². The third kappa shape index (κ3) is 31.3. The standard InChI is InChI=1S/C51H95NO8/c1-3-5-7-9-11-13-15-17-19-21-22-23-24-25-26-28-30-32-34-36-38-40-45(54)44(43-59-51-50(58)49(57)48(56)46(42-53)60-51)52-47(55)41-39-37-35-33-31-29-27-20-18-16-14-12-10-8-6-4-2/h14,16,20,27,38,40,44-46,48-51,53-54,56-58H,3-13,15,17-19,21-26,28-37,39,41-43H2,1-2H3,(H,52,55)/b16-14-,27-20-,40-38+. The molecule has 9 nitrogen and oxygen atoms in total. The van der Waals surface area contributed by atoms with Gasteiger partial charge in [-0.25, -0.2) is 0 Å². The lowest BCUT2D eigenvalue weighted by molar-refractivity contribution is -0.302. The Bertz CT molecular complexity index is 1030. The fourth-order valence-electron chi connectivity index (χ4n) is 7.89. The predicted molar refractivity (Wildman–Crippen MR) is 249 cm³/mol. The van der Waals surface area contributed by atoms with Crippen molar-refractivity contribution in [2.24, 2.45) is 0 Å². The summed E-state index contributed by atoms with van der Waals surface area (Å²) < 4.78 is 11.2. The molecule has 7 unspecified atom stereocenters. The van der Waals surface area contributed by atoms with Crippen molar-refractivity contribution in [2.45, 2.75) is 269 Å². The lowest BCUT2D eigenvalue weighted by atomic mass is 9.99. The van der Waals surface area contributed by atoms with Gasteiger partial charge in [0.05, 0.1) is 25.4 Å². The Labute approximate surface area is 368 Å². The Hall–Kier alpha value is -1.59. The molecule has 352 valence electrons. The van der Waals surface area contributed by atoms with Gasteiger partial charge < -0.3 is 40.3 Å². The van der Waals surface area contributed by atoms with E-state index in [4.69, 9.17) is 9.47 Å². The molecule has 6 N–H and O–H groups in total. The van der Waals surface area contributed by atoms with Crippen molar-refractivity contribution in [1.29, 1.82) is 0 Å². The smallest absolute Gasteiger partial charge is 0.220 e. The molecular formula is C51H95NO8. The molecule has 1 saturated heterocycles. The molecule has 1 fully saturated rings. The largest absolute Gasteiger partial charge is 0.394 e. The van der Waals surface area contributed by atoms with Crippen molar-refractivity contribution in [3.63, 3.8) is 0 Å². The maximum Gasteiger partial charge on any atom is 0.220 e. The quantitative estimate of drug-likeness (QED) is 0.0263.